The van der Waals surface area contributed by atoms with Crippen molar-refractivity contribution in [3.8, 4) is 23.0 Å². The van der Waals surface area contributed by atoms with Gasteiger partial charge in [0.2, 0.25) is 0 Å². The first-order valence-electron chi connectivity index (χ1n) is 13.1. The number of amides is 1. The molecule has 216 valence electrons. The van der Waals surface area contributed by atoms with Gasteiger partial charge in [-0.2, -0.15) is 5.10 Å². The van der Waals surface area contributed by atoms with Gasteiger partial charge in [-0.3, -0.25) is 4.79 Å². The van der Waals surface area contributed by atoms with E-state index in [-0.39, 0.29) is 12.4 Å². The Kier molecular flexibility index (Phi) is 10.8. The van der Waals surface area contributed by atoms with Crippen molar-refractivity contribution >= 4 is 41.3 Å². The van der Waals surface area contributed by atoms with Crippen molar-refractivity contribution < 1.29 is 28.5 Å². The molecule has 1 N–H and O–H groups in total. The highest BCUT2D eigenvalue weighted by Crippen LogP contribution is 2.29. The molecule has 0 aliphatic carbocycles. The summed E-state index contributed by atoms with van der Waals surface area (Å²) in [6.07, 6.45) is 1.46. The molecule has 0 heterocycles. The molecule has 10 heteroatoms. The van der Waals surface area contributed by atoms with Crippen LogP contribution in [-0.4, -0.2) is 31.3 Å². The van der Waals surface area contributed by atoms with Gasteiger partial charge in [0.15, 0.2) is 11.5 Å². The molecule has 4 aromatic rings. The van der Waals surface area contributed by atoms with E-state index in [1.807, 2.05) is 13.8 Å². The summed E-state index contributed by atoms with van der Waals surface area (Å²) >= 11 is 12.1. The fourth-order valence-corrected chi connectivity index (χ4v) is 4.17. The van der Waals surface area contributed by atoms with E-state index in [0.717, 1.165) is 5.56 Å². The number of ether oxygens (including phenoxy) is 4. The standard InChI is InChI=1S/C32H28Cl2N2O6/c1-3-39-26-14-9-23(10-15-26)32(38)42-29-16-5-21(17-30(29)40-4-2)19-35-36-31(37)22-7-12-27(13-8-22)41-20-24-6-11-25(33)18-28(24)34/h5-19H,3-4,20H2,1-2H3,(H,36,37)/b35-19+. The first kappa shape index (κ1) is 30.4. The molecule has 0 aliphatic rings. The van der Waals surface area contributed by atoms with Crippen molar-refractivity contribution in [2.75, 3.05) is 13.2 Å². The molecule has 4 rings (SSSR count). The normalized spacial score (nSPS) is 10.8. The summed E-state index contributed by atoms with van der Waals surface area (Å²) in [6.45, 7) is 4.86. The van der Waals surface area contributed by atoms with Gasteiger partial charge < -0.3 is 18.9 Å². The van der Waals surface area contributed by atoms with Crippen LogP contribution in [-0.2, 0) is 6.61 Å². The van der Waals surface area contributed by atoms with E-state index in [1.165, 1.54) is 6.21 Å². The third-order valence-corrected chi connectivity index (χ3v) is 6.36. The van der Waals surface area contributed by atoms with Crippen LogP contribution in [0.15, 0.2) is 90.0 Å². The lowest BCUT2D eigenvalue weighted by atomic mass is 10.2. The molecule has 0 spiro atoms. The van der Waals surface area contributed by atoms with Gasteiger partial charge >= 0.3 is 5.97 Å². The number of nitrogens with zero attached hydrogens (tertiary/aromatic N) is 1. The highest BCUT2D eigenvalue weighted by molar-refractivity contribution is 6.35. The Morgan fingerprint density at radius 1 is 0.762 bits per heavy atom. The number of halogens is 2. The van der Waals surface area contributed by atoms with Crippen LogP contribution in [0.25, 0.3) is 0 Å². The maximum atomic E-state index is 12.6. The van der Waals surface area contributed by atoms with E-state index in [0.29, 0.717) is 57.2 Å². The van der Waals surface area contributed by atoms with Crippen molar-refractivity contribution in [3.05, 3.63) is 117 Å². The third-order valence-electron chi connectivity index (χ3n) is 5.78. The minimum absolute atomic E-state index is 0.259. The molecule has 1 amide bonds. The Labute approximate surface area is 253 Å². The maximum Gasteiger partial charge on any atom is 0.343 e. The Morgan fingerprint density at radius 2 is 1.43 bits per heavy atom. The van der Waals surface area contributed by atoms with E-state index >= 15 is 0 Å². The highest BCUT2D eigenvalue weighted by Gasteiger charge is 2.14. The quantitative estimate of drug-likeness (QED) is 0.0783. The molecular weight excluding hydrogens is 579 g/mol. The zero-order valence-electron chi connectivity index (χ0n) is 22.9. The molecule has 0 unspecified atom stereocenters. The van der Waals surface area contributed by atoms with E-state index in [4.69, 9.17) is 42.1 Å². The largest absolute Gasteiger partial charge is 0.494 e. The van der Waals surface area contributed by atoms with Crippen LogP contribution < -0.4 is 24.4 Å². The van der Waals surface area contributed by atoms with Crippen LogP contribution in [0.3, 0.4) is 0 Å². The number of carbonyl (C=O) groups is 2. The molecule has 0 radical (unpaired) electrons. The summed E-state index contributed by atoms with van der Waals surface area (Å²) in [5.41, 5.74) is 4.69. The van der Waals surface area contributed by atoms with Gasteiger partial charge in [0.1, 0.15) is 18.1 Å². The minimum atomic E-state index is -0.530. The first-order chi connectivity index (χ1) is 20.4. The maximum absolute atomic E-state index is 12.6. The van der Waals surface area contributed by atoms with E-state index < -0.39 is 11.9 Å². The summed E-state index contributed by atoms with van der Waals surface area (Å²) in [5, 5.41) is 5.11. The van der Waals surface area contributed by atoms with Crippen molar-refractivity contribution in [1.82, 2.24) is 5.43 Å². The Balaban J connectivity index is 1.33. The van der Waals surface area contributed by atoms with Gasteiger partial charge in [-0.1, -0.05) is 29.3 Å². The summed E-state index contributed by atoms with van der Waals surface area (Å²) < 4.78 is 22.4. The highest BCUT2D eigenvalue weighted by atomic mass is 35.5. The molecule has 0 saturated carbocycles. The van der Waals surface area contributed by atoms with Crippen LogP contribution in [0.1, 0.15) is 45.7 Å². The Morgan fingerprint density at radius 3 is 2.10 bits per heavy atom. The van der Waals surface area contributed by atoms with Gasteiger partial charge in [-0.15, -0.1) is 0 Å². The van der Waals surface area contributed by atoms with Gasteiger partial charge in [-0.25, -0.2) is 10.2 Å². The van der Waals surface area contributed by atoms with Crippen LogP contribution >= 0.6 is 23.2 Å². The number of carbonyl (C=O) groups excluding carboxylic acids is 2. The molecule has 0 atom stereocenters. The average molecular weight is 607 g/mol. The average Bonchev–Trinajstić information content (AvgIpc) is 2.99. The van der Waals surface area contributed by atoms with Crippen molar-refractivity contribution in [2.24, 2.45) is 5.10 Å². The van der Waals surface area contributed by atoms with Crippen LogP contribution in [0, 0.1) is 0 Å². The molecule has 0 saturated heterocycles. The number of benzene rings is 4. The SMILES string of the molecule is CCOc1ccc(C(=O)Oc2ccc(/C=N/NC(=O)c3ccc(OCc4ccc(Cl)cc4Cl)cc3)cc2OCC)cc1. The van der Waals surface area contributed by atoms with Crippen LogP contribution in [0.5, 0.6) is 23.0 Å². The topological polar surface area (TPSA) is 95.5 Å². The molecule has 0 bridgehead atoms. The summed E-state index contributed by atoms with van der Waals surface area (Å²) in [4.78, 5) is 25.2. The molecule has 0 fully saturated rings. The van der Waals surface area contributed by atoms with Gasteiger partial charge in [0.05, 0.1) is 25.0 Å². The lowest BCUT2D eigenvalue weighted by Gasteiger charge is -2.11. The lowest BCUT2D eigenvalue weighted by molar-refractivity contribution is 0.0728. The molecular formula is C32H28Cl2N2O6. The minimum Gasteiger partial charge on any atom is -0.494 e. The second-order valence-corrected chi connectivity index (χ2v) is 9.58. The first-order valence-corrected chi connectivity index (χ1v) is 13.8. The second-order valence-electron chi connectivity index (χ2n) is 8.73. The predicted molar refractivity (Wildman–Crippen MR) is 162 cm³/mol. The summed E-state index contributed by atoms with van der Waals surface area (Å²) in [7, 11) is 0. The fourth-order valence-electron chi connectivity index (χ4n) is 3.70. The summed E-state index contributed by atoms with van der Waals surface area (Å²) in [5.74, 6) is 0.942. The fraction of sp³-hybridized carbons (Fsp3) is 0.156. The summed E-state index contributed by atoms with van der Waals surface area (Å²) in [6, 6.07) is 23.5. The number of nitrogens with one attached hydrogen (secondary N) is 1. The number of hydrogen-bond donors (Lipinski definition) is 1. The lowest BCUT2D eigenvalue weighted by Crippen LogP contribution is -2.17. The van der Waals surface area contributed by atoms with Crippen molar-refractivity contribution in [2.45, 2.75) is 20.5 Å². The molecule has 42 heavy (non-hydrogen) atoms. The Hall–Kier alpha value is -4.53. The van der Waals surface area contributed by atoms with E-state index in [9.17, 15) is 9.59 Å². The van der Waals surface area contributed by atoms with Crippen LogP contribution in [0.2, 0.25) is 10.0 Å². The number of hydrazone groups is 1. The zero-order valence-corrected chi connectivity index (χ0v) is 24.4. The van der Waals surface area contributed by atoms with Crippen molar-refractivity contribution in [1.29, 1.82) is 0 Å². The number of esters is 1. The smallest absolute Gasteiger partial charge is 0.343 e. The monoisotopic (exact) mass is 606 g/mol. The zero-order chi connectivity index (χ0) is 29.9. The van der Waals surface area contributed by atoms with Gasteiger partial charge in [-0.05, 0) is 98.3 Å². The van der Waals surface area contributed by atoms with Gasteiger partial charge in [0.25, 0.3) is 5.91 Å². The van der Waals surface area contributed by atoms with E-state index in [1.54, 1.807) is 84.9 Å². The Bertz CT molecular complexity index is 1560. The molecule has 0 aromatic heterocycles. The molecule has 8 nitrogen and oxygen atoms in total. The predicted octanol–water partition coefficient (Wildman–Crippen LogP) is 7.35. The molecule has 4 aromatic carbocycles. The number of hydrogen-bond acceptors (Lipinski definition) is 7. The van der Waals surface area contributed by atoms with Gasteiger partial charge in [0, 0.05) is 21.2 Å². The third kappa shape index (κ3) is 8.49. The van der Waals surface area contributed by atoms with Crippen molar-refractivity contribution in [3.63, 3.8) is 0 Å². The number of rotatable bonds is 12. The van der Waals surface area contributed by atoms with Crippen LogP contribution in [0.4, 0.5) is 0 Å². The second kappa shape index (κ2) is 14.9. The molecule has 0 aliphatic heterocycles. The van der Waals surface area contributed by atoms with E-state index in [2.05, 4.69) is 10.5 Å².